The summed E-state index contributed by atoms with van der Waals surface area (Å²) in [5, 5.41) is 9.41. The molecule has 0 saturated carbocycles. The lowest BCUT2D eigenvalue weighted by atomic mass is 9.97. The molecule has 0 aromatic carbocycles. The van der Waals surface area contributed by atoms with E-state index in [0.29, 0.717) is 22.7 Å². The Labute approximate surface area is 110 Å². The maximum Gasteiger partial charge on any atom is 0.338 e. The van der Waals surface area contributed by atoms with Crippen LogP contribution >= 0.6 is 0 Å². The normalized spacial score (nSPS) is 10.3. The summed E-state index contributed by atoms with van der Waals surface area (Å²) in [7, 11) is 1.51. The zero-order chi connectivity index (χ0) is 14.0. The molecule has 98 valence electrons. The third-order valence-electron chi connectivity index (χ3n) is 2.89. The van der Waals surface area contributed by atoms with Gasteiger partial charge in [0.2, 0.25) is 0 Å². The van der Waals surface area contributed by atoms with Gasteiger partial charge in [-0.15, -0.1) is 0 Å². The molecular weight excluding hydrogens is 244 g/mol. The van der Waals surface area contributed by atoms with E-state index < -0.39 is 5.97 Å². The predicted octanol–water partition coefficient (Wildman–Crippen LogP) is 2.47. The smallest absolute Gasteiger partial charge is 0.338 e. The fraction of sp³-hybridized carbons (Fsp3) is 0.214. The summed E-state index contributed by atoms with van der Waals surface area (Å²) in [5.74, 6) is -0.538. The highest BCUT2D eigenvalue weighted by Crippen LogP contribution is 2.36. The Balaban J connectivity index is 2.86. The van der Waals surface area contributed by atoms with Crippen molar-refractivity contribution in [1.82, 2.24) is 9.97 Å². The van der Waals surface area contributed by atoms with Crippen molar-refractivity contribution in [1.29, 1.82) is 0 Å². The summed E-state index contributed by atoms with van der Waals surface area (Å²) < 4.78 is 5.33. The quantitative estimate of drug-likeness (QED) is 0.915. The van der Waals surface area contributed by atoms with E-state index in [1.54, 1.807) is 38.4 Å². The van der Waals surface area contributed by atoms with Crippen molar-refractivity contribution in [2.24, 2.45) is 0 Å². The first-order chi connectivity index (χ1) is 9.06. The second kappa shape index (κ2) is 5.06. The van der Waals surface area contributed by atoms with Gasteiger partial charge in [-0.2, -0.15) is 0 Å². The van der Waals surface area contributed by atoms with Gasteiger partial charge in [0.25, 0.3) is 0 Å². The van der Waals surface area contributed by atoms with E-state index in [9.17, 15) is 9.90 Å². The Morgan fingerprint density at radius 2 is 1.84 bits per heavy atom. The summed E-state index contributed by atoms with van der Waals surface area (Å²) in [4.78, 5) is 19.7. The molecule has 0 radical (unpaired) electrons. The first-order valence-electron chi connectivity index (χ1n) is 5.75. The molecule has 2 aromatic heterocycles. The summed E-state index contributed by atoms with van der Waals surface area (Å²) in [5.41, 5.74) is 2.59. The number of hydrogen-bond donors (Lipinski definition) is 1. The lowest BCUT2D eigenvalue weighted by molar-refractivity contribution is 0.0696. The van der Waals surface area contributed by atoms with Crippen molar-refractivity contribution in [3.63, 3.8) is 0 Å². The largest absolute Gasteiger partial charge is 0.494 e. The average Bonchev–Trinajstić information content (AvgIpc) is 2.38. The van der Waals surface area contributed by atoms with Crippen molar-refractivity contribution < 1.29 is 14.6 Å². The number of nitrogens with zero attached hydrogens (tertiary/aromatic N) is 2. The summed E-state index contributed by atoms with van der Waals surface area (Å²) >= 11 is 0. The molecule has 0 aliphatic heterocycles. The molecule has 0 spiro atoms. The van der Waals surface area contributed by atoms with Gasteiger partial charge in [0.1, 0.15) is 5.75 Å². The molecule has 1 N–H and O–H groups in total. The van der Waals surface area contributed by atoms with Crippen LogP contribution in [0.15, 0.2) is 24.5 Å². The highest BCUT2D eigenvalue weighted by molar-refractivity contribution is 5.99. The van der Waals surface area contributed by atoms with Crippen molar-refractivity contribution in [2.75, 3.05) is 7.11 Å². The molecule has 0 bridgehead atoms. The van der Waals surface area contributed by atoms with E-state index in [0.717, 1.165) is 5.56 Å². The van der Waals surface area contributed by atoms with Crippen molar-refractivity contribution in [2.45, 2.75) is 13.8 Å². The second-order valence-electron chi connectivity index (χ2n) is 4.11. The SMILES string of the molecule is COc1c(C)nc(C)c(C(=O)O)c1-c1ccncc1. The Bertz CT molecular complexity index is 624. The van der Waals surface area contributed by atoms with Crippen LogP contribution in [-0.4, -0.2) is 28.2 Å². The number of aromatic nitrogens is 2. The van der Waals surface area contributed by atoms with Gasteiger partial charge >= 0.3 is 5.97 Å². The minimum Gasteiger partial charge on any atom is -0.494 e. The van der Waals surface area contributed by atoms with E-state index in [4.69, 9.17) is 4.74 Å². The van der Waals surface area contributed by atoms with Crippen molar-refractivity contribution in [3.8, 4) is 16.9 Å². The predicted molar refractivity (Wildman–Crippen MR) is 70.5 cm³/mol. The number of methoxy groups -OCH3 is 1. The van der Waals surface area contributed by atoms with Gasteiger partial charge in [-0.1, -0.05) is 0 Å². The van der Waals surface area contributed by atoms with Gasteiger partial charge in [-0.05, 0) is 31.5 Å². The Kier molecular flexibility index (Phi) is 3.46. The highest BCUT2D eigenvalue weighted by atomic mass is 16.5. The Morgan fingerprint density at radius 1 is 1.21 bits per heavy atom. The monoisotopic (exact) mass is 258 g/mol. The van der Waals surface area contributed by atoms with Gasteiger partial charge < -0.3 is 9.84 Å². The number of carbonyl (C=O) groups is 1. The number of hydrogen-bond acceptors (Lipinski definition) is 4. The van der Waals surface area contributed by atoms with E-state index in [1.807, 2.05) is 0 Å². The molecule has 2 rings (SSSR count). The molecule has 2 aromatic rings. The number of rotatable bonds is 3. The second-order valence-corrected chi connectivity index (χ2v) is 4.11. The van der Waals surface area contributed by atoms with Crippen LogP contribution in [0.2, 0.25) is 0 Å². The maximum atomic E-state index is 11.5. The van der Waals surface area contributed by atoms with E-state index >= 15 is 0 Å². The van der Waals surface area contributed by atoms with Crippen LogP contribution < -0.4 is 4.74 Å². The number of carboxylic acids is 1. The van der Waals surface area contributed by atoms with Crippen LogP contribution in [0, 0.1) is 13.8 Å². The molecule has 0 aliphatic rings. The molecular formula is C14H14N2O3. The van der Waals surface area contributed by atoms with Crippen LogP contribution in [-0.2, 0) is 0 Å². The molecule has 19 heavy (non-hydrogen) atoms. The first kappa shape index (κ1) is 13.0. The number of carboxylic acid groups (broad SMARTS) is 1. The highest BCUT2D eigenvalue weighted by Gasteiger charge is 2.22. The van der Waals surface area contributed by atoms with Gasteiger partial charge in [0, 0.05) is 18.0 Å². The van der Waals surface area contributed by atoms with Gasteiger partial charge in [0.15, 0.2) is 0 Å². The molecule has 5 nitrogen and oxygen atoms in total. The van der Waals surface area contributed by atoms with Crippen molar-refractivity contribution in [3.05, 3.63) is 41.5 Å². The average molecular weight is 258 g/mol. The molecule has 5 heteroatoms. The molecule has 0 amide bonds. The summed E-state index contributed by atoms with van der Waals surface area (Å²) in [6.07, 6.45) is 3.23. The summed E-state index contributed by atoms with van der Waals surface area (Å²) in [6, 6.07) is 3.51. The fourth-order valence-electron chi connectivity index (χ4n) is 2.14. The minimum absolute atomic E-state index is 0.161. The molecule has 0 saturated heterocycles. The van der Waals surface area contributed by atoms with Crippen LogP contribution in [0.5, 0.6) is 5.75 Å². The zero-order valence-electron chi connectivity index (χ0n) is 11.0. The third-order valence-corrected chi connectivity index (χ3v) is 2.89. The first-order valence-corrected chi connectivity index (χ1v) is 5.75. The Morgan fingerprint density at radius 3 is 2.37 bits per heavy atom. The van der Waals surface area contributed by atoms with Crippen LogP contribution in [0.4, 0.5) is 0 Å². The van der Waals surface area contributed by atoms with Crippen LogP contribution in [0.25, 0.3) is 11.1 Å². The van der Waals surface area contributed by atoms with Gasteiger partial charge in [-0.25, -0.2) is 4.79 Å². The molecule has 0 aliphatic carbocycles. The molecule has 0 atom stereocenters. The Hall–Kier alpha value is -2.43. The molecule has 2 heterocycles. The molecule has 0 unspecified atom stereocenters. The van der Waals surface area contributed by atoms with Gasteiger partial charge in [-0.3, -0.25) is 9.97 Å². The maximum absolute atomic E-state index is 11.5. The molecule has 0 fully saturated rings. The van der Waals surface area contributed by atoms with E-state index in [2.05, 4.69) is 9.97 Å². The standard InChI is InChI=1S/C14H14N2O3/c1-8-11(14(17)18)12(10-4-6-15-7-5-10)13(19-3)9(2)16-8/h4-7H,1-3H3,(H,17,18). The lowest BCUT2D eigenvalue weighted by Gasteiger charge is -2.15. The van der Waals surface area contributed by atoms with E-state index in [1.165, 1.54) is 7.11 Å². The fourth-order valence-corrected chi connectivity index (χ4v) is 2.14. The lowest BCUT2D eigenvalue weighted by Crippen LogP contribution is -2.08. The van der Waals surface area contributed by atoms with Crippen molar-refractivity contribution >= 4 is 5.97 Å². The number of ether oxygens (including phenoxy) is 1. The third kappa shape index (κ3) is 2.27. The summed E-state index contributed by atoms with van der Waals surface area (Å²) in [6.45, 7) is 3.47. The van der Waals surface area contributed by atoms with Crippen LogP contribution in [0.3, 0.4) is 0 Å². The zero-order valence-corrected chi connectivity index (χ0v) is 11.0. The topological polar surface area (TPSA) is 72.3 Å². The number of pyridine rings is 2. The number of aryl methyl sites for hydroxylation is 2. The number of aromatic carboxylic acids is 1. The van der Waals surface area contributed by atoms with Gasteiger partial charge in [0.05, 0.1) is 24.1 Å². The van der Waals surface area contributed by atoms with E-state index in [-0.39, 0.29) is 5.56 Å². The van der Waals surface area contributed by atoms with Crippen LogP contribution in [0.1, 0.15) is 21.7 Å². The minimum atomic E-state index is -1.02.